The SMILES string of the molecule is CC(C)(C#N)CCCCNC(C)(C)C. The van der Waals surface area contributed by atoms with Gasteiger partial charge in [0, 0.05) is 5.54 Å². The van der Waals surface area contributed by atoms with Gasteiger partial charge in [0.15, 0.2) is 0 Å². The molecule has 0 unspecified atom stereocenters. The topological polar surface area (TPSA) is 35.8 Å². The van der Waals surface area contributed by atoms with Crippen molar-refractivity contribution in [2.24, 2.45) is 5.41 Å². The number of rotatable bonds is 5. The fourth-order valence-corrected chi connectivity index (χ4v) is 1.21. The van der Waals surface area contributed by atoms with Gasteiger partial charge in [-0.05, 0) is 54.0 Å². The van der Waals surface area contributed by atoms with Crippen molar-refractivity contribution in [1.29, 1.82) is 5.26 Å². The van der Waals surface area contributed by atoms with E-state index in [-0.39, 0.29) is 11.0 Å². The quantitative estimate of drug-likeness (QED) is 0.686. The lowest BCUT2D eigenvalue weighted by atomic mass is 9.89. The second-order valence-electron chi connectivity index (χ2n) is 5.63. The van der Waals surface area contributed by atoms with Crippen LogP contribution in [0.1, 0.15) is 53.9 Å². The van der Waals surface area contributed by atoms with Crippen LogP contribution < -0.4 is 5.32 Å². The lowest BCUT2D eigenvalue weighted by Crippen LogP contribution is -2.36. The summed E-state index contributed by atoms with van der Waals surface area (Å²) < 4.78 is 0. The van der Waals surface area contributed by atoms with Crippen molar-refractivity contribution in [1.82, 2.24) is 5.32 Å². The first-order valence-corrected chi connectivity index (χ1v) is 5.43. The zero-order valence-electron chi connectivity index (χ0n) is 10.3. The van der Waals surface area contributed by atoms with Gasteiger partial charge in [0.2, 0.25) is 0 Å². The van der Waals surface area contributed by atoms with E-state index in [2.05, 4.69) is 32.2 Å². The highest BCUT2D eigenvalue weighted by Gasteiger charge is 2.15. The molecular weight excluding hydrogens is 172 g/mol. The van der Waals surface area contributed by atoms with E-state index in [0.717, 1.165) is 25.8 Å². The molecule has 0 aliphatic heterocycles. The first-order valence-electron chi connectivity index (χ1n) is 5.43. The molecule has 0 fully saturated rings. The van der Waals surface area contributed by atoms with E-state index in [1.165, 1.54) is 0 Å². The van der Waals surface area contributed by atoms with Gasteiger partial charge in [0.05, 0.1) is 11.5 Å². The van der Waals surface area contributed by atoms with Crippen molar-refractivity contribution < 1.29 is 0 Å². The molecule has 0 aliphatic carbocycles. The molecule has 0 radical (unpaired) electrons. The van der Waals surface area contributed by atoms with Crippen LogP contribution in [-0.2, 0) is 0 Å². The van der Waals surface area contributed by atoms with Gasteiger partial charge in [0.25, 0.3) is 0 Å². The van der Waals surface area contributed by atoms with Crippen LogP contribution in [0.15, 0.2) is 0 Å². The maximum absolute atomic E-state index is 8.81. The van der Waals surface area contributed by atoms with Crippen molar-refractivity contribution >= 4 is 0 Å². The number of hydrogen-bond acceptors (Lipinski definition) is 2. The smallest absolute Gasteiger partial charge is 0.0683 e. The van der Waals surface area contributed by atoms with E-state index in [9.17, 15) is 0 Å². The Balaban J connectivity index is 3.45. The van der Waals surface area contributed by atoms with E-state index in [0.29, 0.717) is 0 Å². The molecule has 0 amide bonds. The summed E-state index contributed by atoms with van der Waals surface area (Å²) in [6.45, 7) is 11.6. The van der Waals surface area contributed by atoms with Crippen molar-refractivity contribution in [2.45, 2.75) is 59.4 Å². The summed E-state index contributed by atoms with van der Waals surface area (Å²) >= 11 is 0. The molecule has 0 bridgehead atoms. The summed E-state index contributed by atoms with van der Waals surface area (Å²) in [5.74, 6) is 0. The zero-order valence-corrected chi connectivity index (χ0v) is 10.3. The molecule has 0 aliphatic rings. The normalized spacial score (nSPS) is 12.6. The van der Waals surface area contributed by atoms with Gasteiger partial charge >= 0.3 is 0 Å². The van der Waals surface area contributed by atoms with Gasteiger partial charge in [0.1, 0.15) is 0 Å². The first-order chi connectivity index (χ1) is 6.27. The number of nitrogens with zero attached hydrogens (tertiary/aromatic N) is 1. The summed E-state index contributed by atoms with van der Waals surface area (Å²) in [5.41, 5.74) is 0.0620. The zero-order chi connectivity index (χ0) is 11.2. The van der Waals surface area contributed by atoms with Crippen LogP contribution in [0.4, 0.5) is 0 Å². The van der Waals surface area contributed by atoms with E-state index < -0.39 is 0 Å². The molecule has 0 spiro atoms. The van der Waals surface area contributed by atoms with Gasteiger partial charge < -0.3 is 5.32 Å². The van der Waals surface area contributed by atoms with E-state index in [1.807, 2.05) is 13.8 Å². The Morgan fingerprint density at radius 1 is 1.07 bits per heavy atom. The van der Waals surface area contributed by atoms with Crippen LogP contribution in [0.5, 0.6) is 0 Å². The monoisotopic (exact) mass is 196 g/mol. The van der Waals surface area contributed by atoms with E-state index >= 15 is 0 Å². The van der Waals surface area contributed by atoms with Crippen molar-refractivity contribution in [3.63, 3.8) is 0 Å². The summed E-state index contributed by atoms with van der Waals surface area (Å²) in [6.07, 6.45) is 3.28. The second-order valence-corrected chi connectivity index (χ2v) is 5.63. The maximum atomic E-state index is 8.81. The lowest BCUT2D eigenvalue weighted by molar-refractivity contribution is 0.389. The number of unbranched alkanes of at least 4 members (excludes halogenated alkanes) is 1. The van der Waals surface area contributed by atoms with Crippen molar-refractivity contribution in [3.05, 3.63) is 0 Å². The lowest BCUT2D eigenvalue weighted by Gasteiger charge is -2.21. The Labute approximate surface area is 88.7 Å². The molecule has 2 nitrogen and oxygen atoms in total. The highest BCUT2D eigenvalue weighted by Crippen LogP contribution is 2.21. The largest absolute Gasteiger partial charge is 0.312 e. The third-order valence-corrected chi connectivity index (χ3v) is 2.19. The predicted octanol–water partition coefficient (Wildman–Crippen LogP) is 3.09. The summed E-state index contributed by atoms with van der Waals surface area (Å²) in [7, 11) is 0. The molecule has 0 rings (SSSR count). The number of hydrogen-bond donors (Lipinski definition) is 1. The number of nitrogens with one attached hydrogen (secondary N) is 1. The van der Waals surface area contributed by atoms with Crippen molar-refractivity contribution in [2.75, 3.05) is 6.54 Å². The molecule has 1 N–H and O–H groups in total. The minimum absolute atomic E-state index is 0.151. The fraction of sp³-hybridized carbons (Fsp3) is 0.917. The highest BCUT2D eigenvalue weighted by atomic mass is 14.9. The Morgan fingerprint density at radius 2 is 1.64 bits per heavy atom. The third kappa shape index (κ3) is 8.07. The molecule has 0 saturated heterocycles. The molecule has 82 valence electrons. The van der Waals surface area contributed by atoms with E-state index in [1.54, 1.807) is 0 Å². The summed E-state index contributed by atoms with van der Waals surface area (Å²) in [4.78, 5) is 0. The molecule has 0 aromatic rings. The average molecular weight is 196 g/mol. The van der Waals surface area contributed by atoms with Gasteiger partial charge in [-0.15, -0.1) is 0 Å². The van der Waals surface area contributed by atoms with Crippen LogP contribution >= 0.6 is 0 Å². The minimum atomic E-state index is -0.151. The third-order valence-electron chi connectivity index (χ3n) is 2.19. The average Bonchev–Trinajstić information content (AvgIpc) is 2.01. The fourth-order valence-electron chi connectivity index (χ4n) is 1.21. The molecule has 0 saturated carbocycles. The molecule has 0 aromatic carbocycles. The van der Waals surface area contributed by atoms with Crippen molar-refractivity contribution in [3.8, 4) is 6.07 Å². The van der Waals surface area contributed by atoms with Crippen LogP contribution in [0, 0.1) is 16.7 Å². The Hall–Kier alpha value is -0.550. The Bertz CT molecular complexity index is 193. The molecule has 2 heteroatoms. The molecule has 14 heavy (non-hydrogen) atoms. The summed E-state index contributed by atoms with van der Waals surface area (Å²) in [6, 6.07) is 2.33. The predicted molar refractivity (Wildman–Crippen MR) is 61.0 cm³/mol. The Morgan fingerprint density at radius 3 is 2.07 bits per heavy atom. The van der Waals surface area contributed by atoms with Gasteiger partial charge in [-0.2, -0.15) is 5.26 Å². The standard InChI is InChI=1S/C12H24N2/c1-11(2,3)14-9-7-6-8-12(4,5)10-13/h14H,6-9H2,1-5H3. The maximum Gasteiger partial charge on any atom is 0.0683 e. The van der Waals surface area contributed by atoms with E-state index in [4.69, 9.17) is 5.26 Å². The molecule has 0 heterocycles. The second kappa shape index (κ2) is 5.36. The van der Waals surface area contributed by atoms with Crippen LogP contribution in [0.25, 0.3) is 0 Å². The molecular formula is C12H24N2. The first kappa shape index (κ1) is 13.4. The van der Waals surface area contributed by atoms with Gasteiger partial charge in [-0.3, -0.25) is 0 Å². The van der Waals surface area contributed by atoms with Gasteiger partial charge in [-0.1, -0.05) is 6.42 Å². The van der Waals surface area contributed by atoms with Crippen LogP contribution in [0.3, 0.4) is 0 Å². The minimum Gasteiger partial charge on any atom is -0.312 e. The van der Waals surface area contributed by atoms with Gasteiger partial charge in [-0.25, -0.2) is 0 Å². The Kier molecular flexibility index (Phi) is 5.15. The molecule has 0 aromatic heterocycles. The summed E-state index contributed by atoms with van der Waals surface area (Å²) in [5, 5.41) is 12.3. The van der Waals surface area contributed by atoms with Crippen LogP contribution in [0.2, 0.25) is 0 Å². The highest BCUT2D eigenvalue weighted by molar-refractivity contribution is 4.91. The molecule has 0 atom stereocenters. The number of nitriles is 1. The van der Waals surface area contributed by atoms with Crippen LogP contribution in [-0.4, -0.2) is 12.1 Å².